The van der Waals surface area contributed by atoms with Crippen molar-refractivity contribution >= 4 is 35.8 Å². The molecule has 0 bridgehead atoms. The average molecular weight is 500 g/mol. The molecule has 158 valence electrons. The van der Waals surface area contributed by atoms with Gasteiger partial charge in [-0.3, -0.25) is 4.99 Å². The Hall–Kier alpha value is -1.09. The van der Waals surface area contributed by atoms with E-state index in [4.69, 9.17) is 4.99 Å². The summed E-state index contributed by atoms with van der Waals surface area (Å²) in [6.07, 6.45) is 4.83. The van der Waals surface area contributed by atoms with E-state index >= 15 is 0 Å². The fourth-order valence-corrected chi connectivity index (χ4v) is 4.11. The van der Waals surface area contributed by atoms with E-state index < -0.39 is 0 Å². The summed E-state index contributed by atoms with van der Waals surface area (Å²) in [5, 5.41) is 7.10. The summed E-state index contributed by atoms with van der Waals surface area (Å²) < 4.78 is 0. The highest BCUT2D eigenvalue weighted by atomic mass is 127. The van der Waals surface area contributed by atoms with Gasteiger partial charge in [0.05, 0.1) is 0 Å². The van der Waals surface area contributed by atoms with Crippen LogP contribution in [0, 0.1) is 12.8 Å². The number of aryl methyl sites for hydroxylation is 1. The second-order valence-electron chi connectivity index (χ2n) is 8.03. The monoisotopic (exact) mass is 500 g/mol. The molecule has 0 saturated carbocycles. The molecule has 2 saturated heterocycles. The Labute approximate surface area is 187 Å². The molecule has 3 heterocycles. The Balaban J connectivity index is 0.00000280. The predicted molar refractivity (Wildman–Crippen MR) is 129 cm³/mol. The summed E-state index contributed by atoms with van der Waals surface area (Å²) in [6, 6.07) is 6.76. The lowest BCUT2D eigenvalue weighted by Gasteiger charge is -2.34. The van der Waals surface area contributed by atoms with Gasteiger partial charge in [-0.15, -0.1) is 24.0 Å². The fraction of sp³-hybridized carbons (Fsp3) is 0.714. The maximum absolute atomic E-state index is 4.90. The van der Waals surface area contributed by atoms with Gasteiger partial charge in [-0.05, 0) is 71.2 Å². The Morgan fingerprint density at radius 1 is 1.21 bits per heavy atom. The van der Waals surface area contributed by atoms with Crippen molar-refractivity contribution in [3.8, 4) is 0 Å². The van der Waals surface area contributed by atoms with Crippen molar-refractivity contribution < 1.29 is 0 Å². The quantitative estimate of drug-likeness (QED) is 0.370. The van der Waals surface area contributed by atoms with Crippen molar-refractivity contribution in [2.24, 2.45) is 10.9 Å². The molecular weight excluding hydrogens is 463 g/mol. The Bertz CT molecular complexity index is 615. The molecule has 6 nitrogen and oxygen atoms in total. The average Bonchev–Trinajstić information content (AvgIpc) is 2.67. The third kappa shape index (κ3) is 7.06. The van der Waals surface area contributed by atoms with Crippen molar-refractivity contribution in [3.05, 3.63) is 23.9 Å². The number of rotatable bonds is 5. The van der Waals surface area contributed by atoms with Crippen LogP contribution in [0.5, 0.6) is 0 Å². The van der Waals surface area contributed by atoms with Gasteiger partial charge in [0.25, 0.3) is 0 Å². The smallest absolute Gasteiger partial charge is 0.191 e. The van der Waals surface area contributed by atoms with Gasteiger partial charge in [-0.25, -0.2) is 4.98 Å². The molecule has 1 aromatic rings. The molecule has 2 aliphatic heterocycles. The third-order valence-electron chi connectivity index (χ3n) is 5.61. The van der Waals surface area contributed by atoms with E-state index in [0.29, 0.717) is 12.0 Å². The van der Waals surface area contributed by atoms with Gasteiger partial charge in [0, 0.05) is 44.5 Å². The first kappa shape index (κ1) is 23.2. The fourth-order valence-electron chi connectivity index (χ4n) is 4.11. The van der Waals surface area contributed by atoms with Crippen LogP contribution < -0.4 is 15.5 Å². The van der Waals surface area contributed by atoms with Gasteiger partial charge in [0.2, 0.25) is 0 Å². The highest BCUT2D eigenvalue weighted by molar-refractivity contribution is 14.0. The van der Waals surface area contributed by atoms with E-state index in [2.05, 4.69) is 64.5 Å². The van der Waals surface area contributed by atoms with Crippen molar-refractivity contribution in [3.63, 3.8) is 0 Å². The number of pyridine rings is 1. The molecule has 1 aromatic heterocycles. The van der Waals surface area contributed by atoms with E-state index in [0.717, 1.165) is 56.5 Å². The lowest BCUT2D eigenvalue weighted by molar-refractivity contribution is 0.214. The molecule has 2 fully saturated rings. The number of aromatic nitrogens is 1. The molecular formula is C21H37IN6. The van der Waals surface area contributed by atoms with Crippen LogP contribution in [0.4, 0.5) is 5.82 Å². The first-order valence-corrected chi connectivity index (χ1v) is 10.6. The number of nitrogens with zero attached hydrogens (tertiary/aromatic N) is 4. The van der Waals surface area contributed by atoms with Crippen LogP contribution in [0.3, 0.4) is 0 Å². The zero-order valence-corrected chi connectivity index (χ0v) is 20.0. The maximum Gasteiger partial charge on any atom is 0.191 e. The second kappa shape index (κ2) is 11.8. The molecule has 0 amide bonds. The standard InChI is InChI=1S/C21H36N6.HI/c1-4-22-21(23-15-18-8-6-12-26(3)16-18)25-19-10-13-27(14-11-19)20-9-5-7-17(2)24-20;/h5,7,9,18-19H,4,6,8,10-16H2,1-3H3,(H2,22,23,25);1H. The summed E-state index contributed by atoms with van der Waals surface area (Å²) >= 11 is 0. The van der Waals surface area contributed by atoms with Crippen LogP contribution >= 0.6 is 24.0 Å². The van der Waals surface area contributed by atoms with Crippen LogP contribution in [0.25, 0.3) is 0 Å². The van der Waals surface area contributed by atoms with Gasteiger partial charge < -0.3 is 20.4 Å². The molecule has 1 unspecified atom stereocenters. The van der Waals surface area contributed by atoms with E-state index in [-0.39, 0.29) is 24.0 Å². The number of halogens is 1. The van der Waals surface area contributed by atoms with Gasteiger partial charge >= 0.3 is 0 Å². The number of guanidine groups is 1. The second-order valence-corrected chi connectivity index (χ2v) is 8.03. The molecule has 0 aromatic carbocycles. The van der Waals surface area contributed by atoms with Gasteiger partial charge in [-0.2, -0.15) is 0 Å². The highest BCUT2D eigenvalue weighted by Gasteiger charge is 2.21. The summed E-state index contributed by atoms with van der Waals surface area (Å²) in [5.41, 5.74) is 1.09. The zero-order valence-electron chi connectivity index (χ0n) is 17.7. The van der Waals surface area contributed by atoms with Gasteiger partial charge in [0.1, 0.15) is 5.82 Å². The molecule has 0 aliphatic carbocycles. The molecule has 3 rings (SSSR count). The largest absolute Gasteiger partial charge is 0.357 e. The summed E-state index contributed by atoms with van der Waals surface area (Å²) in [5.74, 6) is 2.78. The molecule has 2 N–H and O–H groups in total. The number of hydrogen-bond acceptors (Lipinski definition) is 4. The molecule has 7 heteroatoms. The summed E-state index contributed by atoms with van der Waals surface area (Å²) in [7, 11) is 2.22. The number of likely N-dealkylation sites (tertiary alicyclic amines) is 1. The Kier molecular flexibility index (Phi) is 9.77. The molecule has 0 radical (unpaired) electrons. The van der Waals surface area contributed by atoms with Crippen molar-refractivity contribution in [1.82, 2.24) is 20.5 Å². The molecule has 28 heavy (non-hydrogen) atoms. The van der Waals surface area contributed by atoms with E-state index in [1.165, 1.54) is 25.9 Å². The lowest BCUT2D eigenvalue weighted by atomic mass is 9.99. The van der Waals surface area contributed by atoms with Crippen molar-refractivity contribution in [2.75, 3.05) is 51.2 Å². The minimum atomic E-state index is 0. The topological polar surface area (TPSA) is 55.8 Å². The number of nitrogens with one attached hydrogen (secondary N) is 2. The molecule has 0 spiro atoms. The number of aliphatic imine (C=N–C) groups is 1. The number of anilines is 1. The van der Waals surface area contributed by atoms with E-state index in [9.17, 15) is 0 Å². The van der Waals surface area contributed by atoms with E-state index in [1.54, 1.807) is 0 Å². The van der Waals surface area contributed by atoms with E-state index in [1.807, 2.05) is 0 Å². The highest BCUT2D eigenvalue weighted by Crippen LogP contribution is 2.18. The van der Waals surface area contributed by atoms with Crippen molar-refractivity contribution in [2.45, 2.75) is 45.6 Å². The van der Waals surface area contributed by atoms with Crippen molar-refractivity contribution in [1.29, 1.82) is 0 Å². The predicted octanol–water partition coefficient (Wildman–Crippen LogP) is 2.87. The number of piperidine rings is 2. The first-order chi connectivity index (χ1) is 13.1. The summed E-state index contributed by atoms with van der Waals surface area (Å²) in [4.78, 5) is 14.4. The van der Waals surface area contributed by atoms with Crippen LogP contribution in [-0.2, 0) is 0 Å². The Morgan fingerprint density at radius 2 is 2.00 bits per heavy atom. The van der Waals surface area contributed by atoms with Crippen LogP contribution in [0.1, 0.15) is 38.3 Å². The molecule has 1 atom stereocenters. The number of hydrogen-bond donors (Lipinski definition) is 2. The minimum Gasteiger partial charge on any atom is -0.357 e. The third-order valence-corrected chi connectivity index (χ3v) is 5.61. The van der Waals surface area contributed by atoms with Gasteiger partial charge in [0.15, 0.2) is 5.96 Å². The van der Waals surface area contributed by atoms with Crippen LogP contribution in [0.15, 0.2) is 23.2 Å². The van der Waals surface area contributed by atoms with Crippen LogP contribution in [0.2, 0.25) is 0 Å². The maximum atomic E-state index is 4.90. The SMILES string of the molecule is CCNC(=NCC1CCCN(C)C1)NC1CCN(c2cccc(C)n2)CC1.I. The van der Waals surface area contributed by atoms with Gasteiger partial charge in [-0.1, -0.05) is 6.07 Å². The van der Waals surface area contributed by atoms with Crippen LogP contribution in [-0.4, -0.2) is 68.2 Å². The first-order valence-electron chi connectivity index (χ1n) is 10.6. The lowest BCUT2D eigenvalue weighted by Crippen LogP contribution is -2.49. The minimum absolute atomic E-state index is 0. The summed E-state index contributed by atoms with van der Waals surface area (Å²) in [6.45, 7) is 10.5. The molecule has 2 aliphatic rings. The normalized spacial score (nSPS) is 21.9. The Morgan fingerprint density at radius 3 is 2.68 bits per heavy atom. The zero-order chi connectivity index (χ0) is 19.1.